The first-order valence-electron chi connectivity index (χ1n) is 19.8. The van der Waals surface area contributed by atoms with Crippen molar-refractivity contribution in [2.75, 3.05) is 5.32 Å². The molecule has 0 aliphatic rings. The van der Waals surface area contributed by atoms with Crippen molar-refractivity contribution in [1.82, 2.24) is 47.9 Å². The zero-order valence-electron chi connectivity index (χ0n) is 37.7. The summed E-state index contributed by atoms with van der Waals surface area (Å²) in [5, 5.41) is 24.8. The number of benzene rings is 1. The minimum Gasteiger partial charge on any atom is -0.444 e. The fourth-order valence-corrected chi connectivity index (χ4v) is 5.14. The van der Waals surface area contributed by atoms with Crippen LogP contribution in [0.2, 0.25) is 0 Å². The highest BCUT2D eigenvalue weighted by Crippen LogP contribution is 2.12. The van der Waals surface area contributed by atoms with E-state index in [4.69, 9.17) is 4.74 Å². The minimum atomic E-state index is -1.56. The summed E-state index contributed by atoms with van der Waals surface area (Å²) in [5.41, 5.74) is -3.34. The van der Waals surface area contributed by atoms with E-state index in [9.17, 15) is 47.9 Å². The van der Waals surface area contributed by atoms with E-state index in [0.717, 1.165) is 3.57 Å². The first-order valence-corrected chi connectivity index (χ1v) is 20.9. The van der Waals surface area contributed by atoms with E-state index in [1.54, 1.807) is 32.9 Å². The molecule has 10 N–H and O–H groups in total. The first-order chi connectivity index (χ1) is 28.3. The molecule has 10 amide bonds. The Hall–Kier alpha value is -5.55. The summed E-state index contributed by atoms with van der Waals surface area (Å²) in [4.78, 5) is 128. The molecule has 0 saturated carbocycles. The third-order valence-electron chi connectivity index (χ3n) is 8.73. The van der Waals surface area contributed by atoms with Crippen molar-refractivity contribution in [3.63, 3.8) is 0 Å². The summed E-state index contributed by atoms with van der Waals surface area (Å²) in [6, 6.07) is -0.799. The maximum Gasteiger partial charge on any atom is 0.408 e. The van der Waals surface area contributed by atoms with Gasteiger partial charge in [0, 0.05) is 9.26 Å². The Morgan fingerprint density at radius 2 is 0.726 bits per heavy atom. The molecule has 0 bridgehead atoms. The molecular formula is C40H63IN10O11. The van der Waals surface area contributed by atoms with Crippen molar-refractivity contribution in [3.8, 4) is 0 Å². The van der Waals surface area contributed by atoms with Gasteiger partial charge in [-0.25, -0.2) is 4.79 Å². The summed E-state index contributed by atoms with van der Waals surface area (Å²) in [5.74, 6) is -6.36. The number of carbonyl (C=O) groups excluding carboxylic acids is 10. The lowest BCUT2D eigenvalue weighted by Gasteiger charge is -2.29. The van der Waals surface area contributed by atoms with Gasteiger partial charge in [-0.05, 0) is 144 Å². The third-order valence-corrected chi connectivity index (χ3v) is 9.45. The molecule has 0 aliphatic carbocycles. The highest BCUT2D eigenvalue weighted by atomic mass is 127. The van der Waals surface area contributed by atoms with Gasteiger partial charge < -0.3 is 57.9 Å². The zero-order valence-corrected chi connectivity index (χ0v) is 39.9. The lowest BCUT2D eigenvalue weighted by Crippen LogP contribution is -2.62. The number of amides is 10. The number of ether oxygens (including phenoxy) is 1. The van der Waals surface area contributed by atoms with Crippen molar-refractivity contribution < 1.29 is 52.7 Å². The molecule has 0 aromatic heterocycles. The maximum absolute atomic E-state index is 13.1. The number of anilines is 1. The fourth-order valence-electron chi connectivity index (χ4n) is 4.78. The van der Waals surface area contributed by atoms with E-state index in [1.165, 1.54) is 76.2 Å². The van der Waals surface area contributed by atoms with E-state index in [2.05, 4.69) is 75.8 Å². The molecule has 1 rings (SSSR count). The van der Waals surface area contributed by atoms with Crippen LogP contribution in [0.5, 0.6) is 0 Å². The van der Waals surface area contributed by atoms with Crippen LogP contribution in [0.1, 0.15) is 96.9 Å². The van der Waals surface area contributed by atoms with Crippen LogP contribution in [-0.2, 0) is 47.9 Å². The van der Waals surface area contributed by atoms with Gasteiger partial charge in [0.1, 0.15) is 59.0 Å². The summed E-state index contributed by atoms with van der Waals surface area (Å²) < 4.78 is 6.11. The second kappa shape index (κ2) is 23.1. The largest absolute Gasteiger partial charge is 0.444 e. The van der Waals surface area contributed by atoms with Crippen molar-refractivity contribution in [1.29, 1.82) is 0 Å². The normalized spacial score (nSPS) is 14.9. The van der Waals surface area contributed by atoms with Crippen molar-refractivity contribution in [2.24, 2.45) is 0 Å². The van der Waals surface area contributed by atoms with Crippen LogP contribution in [0.4, 0.5) is 10.5 Å². The van der Waals surface area contributed by atoms with E-state index in [1.807, 2.05) is 12.1 Å². The van der Waals surface area contributed by atoms with Gasteiger partial charge in [-0.1, -0.05) is 0 Å². The van der Waals surface area contributed by atoms with E-state index in [-0.39, 0.29) is 0 Å². The molecule has 0 fully saturated rings. The van der Waals surface area contributed by atoms with E-state index < -0.39 is 118 Å². The minimum absolute atomic E-state index is 0.473. The van der Waals surface area contributed by atoms with Crippen LogP contribution in [0, 0.1) is 3.57 Å². The molecule has 1 aromatic carbocycles. The standard InChI is InChI=1S/C40H63IN10O11/c1-19(43-30(54)22(4)46-36(60)40(13,14)51-34(58)25(7)48-37(61)62-38(8,9)10)28(52)42-20(2)29(53)45-24(6)33(57)50-39(11,12)35(59)47-23(5)31(55)44-21(3)32(56)49-27-17-15-26(41)16-18-27/h15-25H,1-14H3,(H,42,52)(H,43,54)(H,44,55)(H,45,53)(H,46,60)(H,47,59)(H,48,61)(H,49,56)(H,50,57)(H,51,58). The second-order valence-corrected chi connectivity index (χ2v) is 18.1. The Labute approximate surface area is 375 Å². The van der Waals surface area contributed by atoms with Crippen LogP contribution in [0.25, 0.3) is 0 Å². The number of alkyl carbamates (subject to hydrolysis) is 1. The van der Waals surface area contributed by atoms with Crippen molar-refractivity contribution in [3.05, 3.63) is 27.8 Å². The van der Waals surface area contributed by atoms with Crippen LogP contribution in [0.3, 0.4) is 0 Å². The molecule has 0 spiro atoms. The SMILES string of the molecule is CC(NC(=O)OC(C)(C)C)C(=O)NC(C)(C)C(=O)NC(C)C(=O)NC(C)C(=O)NC(C)C(=O)NC(C)C(=O)NC(C)(C)C(=O)NC(C)C(=O)NC(C)C(=O)Nc1ccc(I)cc1. The zero-order chi connectivity index (χ0) is 48.1. The molecule has 0 saturated heterocycles. The highest BCUT2D eigenvalue weighted by Gasteiger charge is 2.36. The van der Waals surface area contributed by atoms with Gasteiger partial charge in [0.25, 0.3) is 0 Å². The molecule has 0 radical (unpaired) electrons. The lowest BCUT2D eigenvalue weighted by molar-refractivity contribution is -0.137. The molecule has 1 aromatic rings. The van der Waals surface area contributed by atoms with Gasteiger partial charge in [-0.2, -0.15) is 0 Å². The molecule has 7 unspecified atom stereocenters. The monoisotopic (exact) mass is 986 g/mol. The number of hydrogen-bond acceptors (Lipinski definition) is 11. The quantitative estimate of drug-likeness (QED) is 0.0821. The summed E-state index contributed by atoms with van der Waals surface area (Å²) in [6.07, 6.45) is -0.826. The number of hydrogen-bond donors (Lipinski definition) is 10. The number of rotatable bonds is 19. The Morgan fingerprint density at radius 1 is 0.435 bits per heavy atom. The van der Waals surface area contributed by atoms with Gasteiger partial charge in [0.2, 0.25) is 53.2 Å². The number of nitrogens with one attached hydrogen (secondary N) is 10. The highest BCUT2D eigenvalue weighted by molar-refractivity contribution is 14.1. The predicted molar refractivity (Wildman–Crippen MR) is 237 cm³/mol. The van der Waals surface area contributed by atoms with Gasteiger partial charge in [0.15, 0.2) is 0 Å². The van der Waals surface area contributed by atoms with Crippen molar-refractivity contribution in [2.45, 2.75) is 156 Å². The number of halogens is 1. The Morgan fingerprint density at radius 3 is 1.06 bits per heavy atom. The first kappa shape index (κ1) is 54.5. The van der Waals surface area contributed by atoms with Crippen molar-refractivity contribution >= 4 is 87.5 Å². The average Bonchev–Trinajstić information content (AvgIpc) is 3.13. The molecule has 21 nitrogen and oxygen atoms in total. The molecule has 7 atom stereocenters. The molecule has 0 heterocycles. The summed E-state index contributed by atoms with van der Waals surface area (Å²) in [7, 11) is 0. The van der Waals surface area contributed by atoms with Gasteiger partial charge >= 0.3 is 6.09 Å². The molecule has 346 valence electrons. The Bertz CT molecular complexity index is 1850. The maximum atomic E-state index is 13.1. The smallest absolute Gasteiger partial charge is 0.408 e. The van der Waals surface area contributed by atoms with Gasteiger partial charge in [-0.15, -0.1) is 0 Å². The van der Waals surface area contributed by atoms with E-state index >= 15 is 0 Å². The van der Waals surface area contributed by atoms with Crippen LogP contribution in [0.15, 0.2) is 24.3 Å². The second-order valence-electron chi connectivity index (χ2n) is 16.9. The summed E-state index contributed by atoms with van der Waals surface area (Å²) in [6.45, 7) is 20.2. The van der Waals surface area contributed by atoms with Gasteiger partial charge in [-0.3, -0.25) is 43.2 Å². The van der Waals surface area contributed by atoms with Gasteiger partial charge in [0.05, 0.1) is 0 Å². The lowest BCUT2D eigenvalue weighted by atomic mass is 10.0. The number of carbonyl (C=O) groups is 10. The van der Waals surface area contributed by atoms with Crippen LogP contribution >= 0.6 is 22.6 Å². The Balaban J connectivity index is 2.63. The van der Waals surface area contributed by atoms with E-state index in [0.29, 0.717) is 5.69 Å². The average molecular weight is 987 g/mol. The summed E-state index contributed by atoms with van der Waals surface area (Å²) >= 11 is 2.13. The van der Waals surface area contributed by atoms with Crippen LogP contribution < -0.4 is 53.2 Å². The molecular weight excluding hydrogens is 923 g/mol. The molecule has 62 heavy (non-hydrogen) atoms. The third kappa shape index (κ3) is 18.6. The molecule has 0 aliphatic heterocycles. The van der Waals surface area contributed by atoms with Crippen LogP contribution in [-0.4, -0.2) is 118 Å². The topological polar surface area (TPSA) is 300 Å². The predicted octanol–water partition coefficient (Wildman–Crippen LogP) is -0.0393. The molecule has 22 heteroatoms. The fraction of sp³-hybridized carbons (Fsp3) is 0.600. The Kier molecular flexibility index (Phi) is 20.3.